The lowest BCUT2D eigenvalue weighted by Gasteiger charge is -2.65. The van der Waals surface area contributed by atoms with Gasteiger partial charge in [-0.2, -0.15) is 4.31 Å². The Morgan fingerprint density at radius 3 is 2.50 bits per heavy atom. The minimum absolute atomic E-state index is 0.00900. The van der Waals surface area contributed by atoms with E-state index in [-0.39, 0.29) is 23.6 Å². The summed E-state index contributed by atoms with van der Waals surface area (Å²) >= 11 is 12.0. The van der Waals surface area contributed by atoms with Gasteiger partial charge < -0.3 is 5.32 Å². The summed E-state index contributed by atoms with van der Waals surface area (Å²) in [5.41, 5.74) is 2.83. The van der Waals surface area contributed by atoms with Crippen LogP contribution in [0.5, 0.6) is 0 Å². The van der Waals surface area contributed by atoms with Gasteiger partial charge in [-0.15, -0.1) is 0 Å². The molecule has 4 fully saturated rings. The average molecular weight is 578 g/mol. The molecule has 7 nitrogen and oxygen atoms in total. The number of aromatic nitrogens is 2. The van der Waals surface area contributed by atoms with Crippen LogP contribution in [0.1, 0.15) is 75.6 Å². The van der Waals surface area contributed by atoms with Gasteiger partial charge in [-0.05, 0) is 84.8 Å². The molecule has 10 heteroatoms. The zero-order valence-electron chi connectivity index (χ0n) is 21.9. The molecule has 0 saturated heterocycles. The molecule has 4 bridgehead atoms. The second-order valence-electron chi connectivity index (χ2n) is 13.1. The van der Waals surface area contributed by atoms with Crippen molar-refractivity contribution >= 4 is 45.0 Å². The third-order valence-corrected chi connectivity index (χ3v) is 11.8. The van der Waals surface area contributed by atoms with Crippen LogP contribution in [0.15, 0.2) is 24.5 Å². The molecule has 0 spiro atoms. The summed E-state index contributed by atoms with van der Waals surface area (Å²) in [6.07, 6.45) is 9.68. The van der Waals surface area contributed by atoms with Crippen LogP contribution >= 0.6 is 23.2 Å². The van der Waals surface area contributed by atoms with Crippen LogP contribution < -0.4 is 5.32 Å². The van der Waals surface area contributed by atoms with E-state index >= 15 is 0 Å². The number of halogens is 2. The van der Waals surface area contributed by atoms with Crippen LogP contribution in [0, 0.1) is 22.2 Å². The van der Waals surface area contributed by atoms with Crippen LogP contribution in [0.2, 0.25) is 10.0 Å². The predicted octanol–water partition coefficient (Wildman–Crippen LogP) is 6.00. The Bertz CT molecular complexity index is 1400. The first-order valence-corrected chi connectivity index (χ1v) is 15.8. The standard InChI is InChI=1S/C28H34Cl2N4O3S/c1-26-8-19-9-27(2,14-26)16-28(10-19,15-26)11-24(35)33-25-20-5-6-34(12-23(20)31-17-32-25)38(36,37)13-18-3-4-21(29)22(30)7-18/h3-4,7,17,19H,5-6,8-16H2,1-2H3,(H,31,32,33,35). The monoisotopic (exact) mass is 576 g/mol. The Balaban J connectivity index is 1.15. The summed E-state index contributed by atoms with van der Waals surface area (Å²) in [6, 6.07) is 4.86. The molecular weight excluding hydrogens is 543 g/mol. The fourth-order valence-corrected chi connectivity index (χ4v) is 10.8. The van der Waals surface area contributed by atoms with E-state index in [1.54, 1.807) is 18.2 Å². The molecule has 2 unspecified atom stereocenters. The Morgan fingerprint density at radius 1 is 1.08 bits per heavy atom. The van der Waals surface area contributed by atoms with Crippen molar-refractivity contribution < 1.29 is 13.2 Å². The molecule has 7 rings (SSSR count). The van der Waals surface area contributed by atoms with Gasteiger partial charge in [0.15, 0.2) is 0 Å². The summed E-state index contributed by atoms with van der Waals surface area (Å²) in [4.78, 5) is 22.1. The number of carbonyl (C=O) groups excluding carboxylic acids is 1. The van der Waals surface area contributed by atoms with Gasteiger partial charge in [0.25, 0.3) is 0 Å². The number of rotatable bonds is 6. The molecule has 1 N–H and O–H groups in total. The lowest BCUT2D eigenvalue weighted by atomic mass is 9.40. The highest BCUT2D eigenvalue weighted by Gasteiger charge is 2.60. The average Bonchev–Trinajstić information content (AvgIpc) is 2.78. The van der Waals surface area contributed by atoms with E-state index in [0.29, 0.717) is 57.3 Å². The van der Waals surface area contributed by atoms with Crippen molar-refractivity contribution in [2.75, 3.05) is 11.9 Å². The van der Waals surface area contributed by atoms with Crippen molar-refractivity contribution in [3.8, 4) is 0 Å². The van der Waals surface area contributed by atoms with Crippen LogP contribution in [-0.4, -0.2) is 35.1 Å². The van der Waals surface area contributed by atoms with Crippen LogP contribution in [0.3, 0.4) is 0 Å². The Labute approximate surface area is 234 Å². The molecule has 1 aromatic heterocycles. The quantitative estimate of drug-likeness (QED) is 0.455. The molecule has 0 radical (unpaired) electrons. The molecule has 2 heterocycles. The second kappa shape index (κ2) is 9.15. The van der Waals surface area contributed by atoms with E-state index in [9.17, 15) is 13.2 Å². The summed E-state index contributed by atoms with van der Waals surface area (Å²) in [7, 11) is -3.60. The predicted molar refractivity (Wildman–Crippen MR) is 148 cm³/mol. The van der Waals surface area contributed by atoms with E-state index < -0.39 is 10.0 Å². The molecule has 1 aromatic carbocycles. The number of benzene rings is 1. The number of nitrogens with one attached hydrogen (secondary N) is 1. The van der Waals surface area contributed by atoms with E-state index in [1.807, 2.05) is 0 Å². The van der Waals surface area contributed by atoms with Crippen molar-refractivity contribution in [2.24, 2.45) is 22.2 Å². The van der Waals surface area contributed by atoms with Gasteiger partial charge in [0.05, 0.1) is 28.0 Å². The number of amides is 1. The van der Waals surface area contributed by atoms with Gasteiger partial charge in [-0.25, -0.2) is 18.4 Å². The molecular formula is C28H34Cl2N4O3S. The molecule has 1 aliphatic heterocycles. The number of hydrogen-bond acceptors (Lipinski definition) is 5. The van der Waals surface area contributed by atoms with Gasteiger partial charge in [0, 0.05) is 18.5 Å². The van der Waals surface area contributed by atoms with Crippen LogP contribution in [0.4, 0.5) is 5.82 Å². The Morgan fingerprint density at radius 2 is 1.82 bits per heavy atom. The largest absolute Gasteiger partial charge is 0.310 e. The highest BCUT2D eigenvalue weighted by molar-refractivity contribution is 7.88. The third kappa shape index (κ3) is 4.98. The number of sulfonamides is 1. The topological polar surface area (TPSA) is 92.3 Å². The van der Waals surface area contributed by atoms with Gasteiger partial charge in [0.1, 0.15) is 12.1 Å². The highest BCUT2D eigenvalue weighted by Crippen LogP contribution is 2.70. The van der Waals surface area contributed by atoms with E-state index in [2.05, 4.69) is 29.1 Å². The van der Waals surface area contributed by atoms with Gasteiger partial charge in [-0.1, -0.05) is 43.1 Å². The number of carbonyl (C=O) groups is 1. The van der Waals surface area contributed by atoms with Crippen molar-refractivity contribution in [1.29, 1.82) is 0 Å². The summed E-state index contributed by atoms with van der Waals surface area (Å²) in [5.74, 6) is 1.09. The molecule has 204 valence electrons. The number of fused-ring (bicyclic) bond motifs is 1. The first-order chi connectivity index (χ1) is 17.9. The maximum atomic E-state index is 13.4. The fourth-order valence-electron chi connectivity index (χ4n) is 9.01. The Hall–Kier alpha value is -1.74. The first-order valence-electron chi connectivity index (χ1n) is 13.4. The molecule has 1 amide bonds. The minimum atomic E-state index is -3.60. The second-order valence-corrected chi connectivity index (χ2v) is 15.9. The molecule has 4 aliphatic carbocycles. The third-order valence-electron chi connectivity index (χ3n) is 9.23. The Kier molecular flexibility index (Phi) is 6.38. The van der Waals surface area contributed by atoms with Crippen LogP contribution in [0.25, 0.3) is 0 Å². The van der Waals surface area contributed by atoms with Crippen LogP contribution in [-0.2, 0) is 33.5 Å². The van der Waals surface area contributed by atoms with Crippen molar-refractivity contribution in [1.82, 2.24) is 14.3 Å². The smallest absolute Gasteiger partial charge is 0.226 e. The minimum Gasteiger partial charge on any atom is -0.310 e. The lowest BCUT2D eigenvalue weighted by Crippen LogP contribution is -2.55. The number of nitrogens with zero attached hydrogens (tertiary/aromatic N) is 3. The molecule has 4 saturated carbocycles. The van der Waals surface area contributed by atoms with Gasteiger partial charge in [0.2, 0.25) is 15.9 Å². The molecule has 2 aromatic rings. The zero-order valence-corrected chi connectivity index (χ0v) is 24.2. The maximum absolute atomic E-state index is 13.4. The maximum Gasteiger partial charge on any atom is 0.226 e. The van der Waals surface area contributed by atoms with Gasteiger partial charge in [-0.3, -0.25) is 4.79 Å². The normalized spacial score (nSPS) is 32.3. The van der Waals surface area contributed by atoms with E-state index in [1.165, 1.54) is 29.9 Å². The zero-order chi connectivity index (χ0) is 26.9. The highest BCUT2D eigenvalue weighted by atomic mass is 35.5. The first kappa shape index (κ1) is 26.5. The molecule has 38 heavy (non-hydrogen) atoms. The molecule has 2 atom stereocenters. The fraction of sp³-hybridized carbons (Fsp3) is 0.607. The van der Waals surface area contributed by atoms with Crippen molar-refractivity contribution in [3.05, 3.63) is 51.4 Å². The summed E-state index contributed by atoms with van der Waals surface area (Å²) in [5, 5.41) is 3.80. The van der Waals surface area contributed by atoms with Crippen molar-refractivity contribution in [2.45, 2.75) is 77.5 Å². The van der Waals surface area contributed by atoms with Crippen molar-refractivity contribution in [3.63, 3.8) is 0 Å². The lowest BCUT2D eigenvalue weighted by molar-refractivity contribution is -0.153. The summed E-state index contributed by atoms with van der Waals surface area (Å²) in [6.45, 7) is 5.29. The number of anilines is 1. The SMILES string of the molecule is CC12CC3CC(C)(C1)CC(CC(=O)Nc1ncnc4c1CCN(S(=O)(=O)Cc1ccc(Cl)c(Cl)c1)C4)(C3)C2. The molecule has 5 aliphatic rings. The van der Waals surface area contributed by atoms with E-state index in [4.69, 9.17) is 23.2 Å². The number of hydrogen-bond donors (Lipinski definition) is 1. The summed E-state index contributed by atoms with van der Waals surface area (Å²) < 4.78 is 27.8. The van der Waals surface area contributed by atoms with E-state index in [0.717, 1.165) is 30.7 Å². The van der Waals surface area contributed by atoms with Gasteiger partial charge >= 0.3 is 0 Å².